The zero-order valence-electron chi connectivity index (χ0n) is 13.6. The Labute approximate surface area is 160 Å². The third kappa shape index (κ3) is 5.61. The molecule has 0 spiro atoms. The van der Waals surface area contributed by atoms with Gasteiger partial charge in [0.05, 0.1) is 11.6 Å². The number of halogens is 2. The van der Waals surface area contributed by atoms with Crippen molar-refractivity contribution in [2.24, 2.45) is 0 Å². The van der Waals surface area contributed by atoms with Crippen LogP contribution >= 0.6 is 35.4 Å². The molecular weight excluding hydrogens is 385 g/mol. The smallest absolute Gasteiger partial charge is 0.305 e. The summed E-state index contributed by atoms with van der Waals surface area (Å²) in [6.07, 6.45) is 0. The quantitative estimate of drug-likeness (QED) is 0.526. The van der Waals surface area contributed by atoms with Crippen molar-refractivity contribution in [3.05, 3.63) is 46.1 Å². The number of methoxy groups -OCH3 is 1. The number of rotatable bonds is 5. The van der Waals surface area contributed by atoms with Gasteiger partial charge >= 0.3 is 5.91 Å². The van der Waals surface area contributed by atoms with Gasteiger partial charge in [0.1, 0.15) is 5.76 Å². The average Bonchev–Trinajstić information content (AvgIpc) is 3.05. The Morgan fingerprint density at radius 2 is 2.04 bits per heavy atom. The van der Waals surface area contributed by atoms with E-state index in [2.05, 4.69) is 16.2 Å². The Kier molecular flexibility index (Phi) is 7.07. The minimum Gasteiger partial charge on any atom is -0.451 e. The van der Waals surface area contributed by atoms with E-state index in [1.807, 2.05) is 6.92 Å². The van der Waals surface area contributed by atoms with Crippen LogP contribution in [0.5, 0.6) is 0 Å². The molecule has 0 radical (unpaired) electrons. The van der Waals surface area contributed by atoms with Crippen LogP contribution in [-0.2, 0) is 4.74 Å². The van der Waals surface area contributed by atoms with Crippen LogP contribution in [0.2, 0.25) is 10.0 Å². The molecule has 3 N–H and O–H groups in total. The maximum Gasteiger partial charge on any atom is 0.305 e. The summed E-state index contributed by atoms with van der Waals surface area (Å²) in [5, 5.41) is 4.21. The van der Waals surface area contributed by atoms with Crippen molar-refractivity contribution in [2.75, 3.05) is 13.7 Å². The van der Waals surface area contributed by atoms with Crippen LogP contribution in [0.15, 0.2) is 34.7 Å². The highest BCUT2D eigenvalue weighted by atomic mass is 35.5. The van der Waals surface area contributed by atoms with E-state index in [1.54, 1.807) is 31.4 Å². The molecule has 2 rings (SSSR count). The number of amides is 1. The van der Waals surface area contributed by atoms with Crippen molar-refractivity contribution in [3.63, 3.8) is 0 Å². The maximum absolute atomic E-state index is 12.1. The lowest BCUT2D eigenvalue weighted by molar-refractivity contribution is 0.0916. The fourth-order valence-corrected chi connectivity index (χ4v) is 2.65. The van der Waals surface area contributed by atoms with Crippen molar-refractivity contribution in [3.8, 4) is 11.3 Å². The van der Waals surface area contributed by atoms with Gasteiger partial charge in [-0.2, -0.15) is 0 Å². The number of hydrogen-bond acceptors (Lipinski definition) is 4. The summed E-state index contributed by atoms with van der Waals surface area (Å²) < 4.78 is 10.5. The number of hydrazine groups is 1. The second kappa shape index (κ2) is 9.05. The molecule has 0 aliphatic carbocycles. The predicted octanol–water partition coefficient (Wildman–Crippen LogP) is 3.40. The molecule has 1 aromatic carbocycles. The summed E-state index contributed by atoms with van der Waals surface area (Å²) >= 11 is 17.2. The van der Waals surface area contributed by atoms with E-state index in [1.165, 1.54) is 6.07 Å². The van der Waals surface area contributed by atoms with Gasteiger partial charge in [-0.15, -0.1) is 0 Å². The van der Waals surface area contributed by atoms with Gasteiger partial charge in [0, 0.05) is 23.7 Å². The van der Waals surface area contributed by atoms with Crippen LogP contribution in [0.3, 0.4) is 0 Å². The Hall–Kier alpha value is -1.80. The van der Waals surface area contributed by atoms with Crippen molar-refractivity contribution in [1.82, 2.24) is 16.2 Å². The van der Waals surface area contributed by atoms with Gasteiger partial charge < -0.3 is 14.5 Å². The number of ether oxygens (including phenoxy) is 1. The van der Waals surface area contributed by atoms with E-state index >= 15 is 0 Å². The van der Waals surface area contributed by atoms with E-state index in [0.717, 1.165) is 0 Å². The maximum atomic E-state index is 12.1. The SMILES string of the molecule is COC[C@H](C)NC(=S)NNC(=O)c1ccc(-c2cc(Cl)ccc2Cl)o1. The van der Waals surface area contributed by atoms with Crippen LogP contribution in [0.1, 0.15) is 17.5 Å². The van der Waals surface area contributed by atoms with Crippen LogP contribution < -0.4 is 16.2 Å². The normalized spacial score (nSPS) is 11.7. The highest BCUT2D eigenvalue weighted by Gasteiger charge is 2.15. The molecule has 1 amide bonds. The summed E-state index contributed by atoms with van der Waals surface area (Å²) in [5.74, 6) is 0.0614. The van der Waals surface area contributed by atoms with E-state index in [-0.39, 0.29) is 16.9 Å². The van der Waals surface area contributed by atoms with Crippen molar-refractivity contribution >= 4 is 46.4 Å². The van der Waals surface area contributed by atoms with E-state index in [9.17, 15) is 4.79 Å². The summed E-state index contributed by atoms with van der Waals surface area (Å²) in [6.45, 7) is 2.38. The van der Waals surface area contributed by atoms with Gasteiger partial charge in [-0.05, 0) is 49.5 Å². The molecule has 1 atom stereocenters. The lowest BCUT2D eigenvalue weighted by Crippen LogP contribution is -2.49. The summed E-state index contributed by atoms with van der Waals surface area (Å²) in [4.78, 5) is 12.1. The molecule has 2 aromatic rings. The number of carbonyl (C=O) groups is 1. The van der Waals surface area contributed by atoms with Crippen LogP contribution in [-0.4, -0.2) is 30.8 Å². The minimum atomic E-state index is -0.479. The molecule has 0 unspecified atom stereocenters. The average molecular weight is 402 g/mol. The van der Waals surface area contributed by atoms with Gasteiger partial charge in [0.25, 0.3) is 0 Å². The standard InChI is InChI=1S/C16H17Cl2N3O3S/c1-9(8-23-2)19-16(25)21-20-15(22)14-6-5-13(24-14)11-7-10(17)3-4-12(11)18/h3-7,9H,8H2,1-2H3,(H,20,22)(H2,19,21,25)/t9-/m0/s1. The third-order valence-electron chi connectivity index (χ3n) is 3.11. The summed E-state index contributed by atoms with van der Waals surface area (Å²) in [6, 6.07) is 8.18. The molecule has 0 aliphatic heterocycles. The Balaban J connectivity index is 1.96. The summed E-state index contributed by atoms with van der Waals surface area (Å²) in [5.41, 5.74) is 5.65. The number of carbonyl (C=O) groups excluding carboxylic acids is 1. The molecule has 134 valence electrons. The lowest BCUT2D eigenvalue weighted by Gasteiger charge is -2.16. The van der Waals surface area contributed by atoms with Crippen molar-refractivity contribution in [1.29, 1.82) is 0 Å². The number of hydrogen-bond donors (Lipinski definition) is 3. The first-order valence-corrected chi connectivity index (χ1v) is 8.48. The number of thiocarbonyl (C=S) groups is 1. The van der Waals surface area contributed by atoms with Gasteiger partial charge in [-0.25, -0.2) is 0 Å². The van der Waals surface area contributed by atoms with Crippen molar-refractivity contribution < 1.29 is 13.9 Å². The first-order chi connectivity index (χ1) is 11.9. The van der Waals surface area contributed by atoms with E-state index < -0.39 is 5.91 Å². The first-order valence-electron chi connectivity index (χ1n) is 7.31. The Bertz CT molecular complexity index is 767. The topological polar surface area (TPSA) is 75.5 Å². The molecule has 0 aliphatic rings. The predicted molar refractivity (Wildman–Crippen MR) is 102 cm³/mol. The largest absolute Gasteiger partial charge is 0.451 e. The molecule has 25 heavy (non-hydrogen) atoms. The highest BCUT2D eigenvalue weighted by Crippen LogP contribution is 2.31. The molecule has 0 bridgehead atoms. The van der Waals surface area contributed by atoms with E-state index in [0.29, 0.717) is 28.0 Å². The molecule has 0 saturated carbocycles. The Morgan fingerprint density at radius 3 is 2.76 bits per heavy atom. The van der Waals surface area contributed by atoms with Crippen molar-refractivity contribution in [2.45, 2.75) is 13.0 Å². The van der Waals surface area contributed by atoms with Gasteiger partial charge in [-0.1, -0.05) is 23.2 Å². The second-order valence-corrected chi connectivity index (χ2v) is 6.45. The number of furan rings is 1. The molecular formula is C16H17Cl2N3O3S. The highest BCUT2D eigenvalue weighted by molar-refractivity contribution is 7.80. The lowest BCUT2D eigenvalue weighted by atomic mass is 10.2. The van der Waals surface area contributed by atoms with Gasteiger partial charge in [0.2, 0.25) is 0 Å². The Morgan fingerprint density at radius 1 is 1.28 bits per heavy atom. The van der Waals surface area contributed by atoms with Crippen LogP contribution in [0.25, 0.3) is 11.3 Å². The second-order valence-electron chi connectivity index (χ2n) is 5.20. The molecule has 1 heterocycles. The van der Waals surface area contributed by atoms with Crippen LogP contribution in [0.4, 0.5) is 0 Å². The summed E-state index contributed by atoms with van der Waals surface area (Å²) in [7, 11) is 1.59. The number of nitrogens with one attached hydrogen (secondary N) is 3. The fraction of sp³-hybridized carbons (Fsp3) is 0.250. The fourth-order valence-electron chi connectivity index (χ4n) is 2.02. The first kappa shape index (κ1) is 19.5. The monoisotopic (exact) mass is 401 g/mol. The zero-order chi connectivity index (χ0) is 18.4. The molecule has 6 nitrogen and oxygen atoms in total. The minimum absolute atomic E-state index is 0.00193. The molecule has 1 aromatic heterocycles. The van der Waals surface area contributed by atoms with E-state index in [4.69, 9.17) is 44.6 Å². The molecule has 9 heteroatoms. The van der Waals surface area contributed by atoms with Gasteiger partial charge in [-0.3, -0.25) is 15.6 Å². The zero-order valence-corrected chi connectivity index (χ0v) is 15.9. The van der Waals surface area contributed by atoms with Gasteiger partial charge in [0.15, 0.2) is 10.9 Å². The molecule has 0 fully saturated rings. The number of benzene rings is 1. The third-order valence-corrected chi connectivity index (χ3v) is 3.89. The molecule has 0 saturated heterocycles. The van der Waals surface area contributed by atoms with Crippen LogP contribution in [0, 0.1) is 0 Å².